The maximum Gasteiger partial charge on any atom is 0.240 e. The van der Waals surface area contributed by atoms with E-state index in [1.54, 1.807) is 11.3 Å². The largest absolute Gasteiger partial charge is 0.350 e. The summed E-state index contributed by atoms with van der Waals surface area (Å²) in [5.41, 5.74) is 0.793. The number of aryl methyl sites for hydroxylation is 2. The van der Waals surface area contributed by atoms with Crippen molar-refractivity contribution >= 4 is 17.2 Å². The Morgan fingerprint density at radius 1 is 1.41 bits per heavy atom. The molecule has 2 N–H and O–H groups in total. The summed E-state index contributed by atoms with van der Waals surface area (Å²) < 4.78 is 0. The van der Waals surface area contributed by atoms with Crippen molar-refractivity contribution in [2.24, 2.45) is 0 Å². The average Bonchev–Trinajstić information content (AvgIpc) is 2.55. The van der Waals surface area contributed by atoms with E-state index in [1.807, 2.05) is 20.8 Å². The van der Waals surface area contributed by atoms with Crippen molar-refractivity contribution in [2.45, 2.75) is 46.7 Å². The van der Waals surface area contributed by atoms with E-state index in [-0.39, 0.29) is 5.91 Å². The molecule has 4 heteroatoms. The predicted octanol–water partition coefficient (Wildman–Crippen LogP) is 2.37. The highest BCUT2D eigenvalue weighted by atomic mass is 32.1. The predicted molar refractivity (Wildman–Crippen MR) is 73.4 cm³/mol. The van der Waals surface area contributed by atoms with Crippen LogP contribution in [0.2, 0.25) is 0 Å². The maximum absolute atomic E-state index is 12.0. The van der Waals surface area contributed by atoms with Crippen LogP contribution in [0.5, 0.6) is 0 Å². The SMILES string of the molecule is CCNC(C)(C)C(=O)NCc1cc(C)c(C)s1. The molecule has 1 rings (SSSR count). The molecule has 0 aliphatic rings. The van der Waals surface area contributed by atoms with Gasteiger partial charge in [-0.05, 0) is 45.9 Å². The van der Waals surface area contributed by atoms with Crippen LogP contribution in [0.15, 0.2) is 6.07 Å². The molecule has 1 aromatic rings. The van der Waals surface area contributed by atoms with E-state index in [0.29, 0.717) is 6.54 Å². The highest BCUT2D eigenvalue weighted by Crippen LogP contribution is 2.20. The molecule has 0 aliphatic carbocycles. The van der Waals surface area contributed by atoms with Crippen molar-refractivity contribution in [1.82, 2.24) is 10.6 Å². The van der Waals surface area contributed by atoms with E-state index in [0.717, 1.165) is 6.54 Å². The lowest BCUT2D eigenvalue weighted by atomic mass is 10.0. The van der Waals surface area contributed by atoms with Gasteiger partial charge in [0.25, 0.3) is 0 Å². The van der Waals surface area contributed by atoms with E-state index in [4.69, 9.17) is 0 Å². The van der Waals surface area contributed by atoms with Gasteiger partial charge >= 0.3 is 0 Å². The van der Waals surface area contributed by atoms with Crippen molar-refractivity contribution in [3.8, 4) is 0 Å². The molecule has 1 aromatic heterocycles. The van der Waals surface area contributed by atoms with E-state index < -0.39 is 5.54 Å². The number of hydrogen-bond acceptors (Lipinski definition) is 3. The minimum absolute atomic E-state index is 0.0445. The van der Waals surface area contributed by atoms with E-state index in [2.05, 4.69) is 30.5 Å². The Balaban J connectivity index is 2.53. The van der Waals surface area contributed by atoms with E-state index in [9.17, 15) is 4.79 Å². The van der Waals surface area contributed by atoms with Gasteiger partial charge in [0.2, 0.25) is 5.91 Å². The van der Waals surface area contributed by atoms with Gasteiger partial charge in [-0.15, -0.1) is 11.3 Å². The first-order chi connectivity index (χ1) is 7.86. The fraction of sp³-hybridized carbons (Fsp3) is 0.615. The number of carbonyl (C=O) groups excluding carboxylic acids is 1. The Kier molecular flexibility index (Phi) is 4.71. The van der Waals surface area contributed by atoms with Crippen LogP contribution in [-0.4, -0.2) is 18.0 Å². The van der Waals surface area contributed by atoms with E-state index >= 15 is 0 Å². The molecule has 0 spiro atoms. The van der Waals surface area contributed by atoms with Crippen molar-refractivity contribution in [1.29, 1.82) is 0 Å². The smallest absolute Gasteiger partial charge is 0.240 e. The average molecular weight is 254 g/mol. The molecule has 1 heterocycles. The molecule has 96 valence electrons. The van der Waals surface area contributed by atoms with Gasteiger partial charge in [-0.1, -0.05) is 6.92 Å². The molecule has 0 aliphatic heterocycles. The number of likely N-dealkylation sites (N-methyl/N-ethyl adjacent to an activating group) is 1. The third-order valence-corrected chi connectivity index (χ3v) is 3.98. The monoisotopic (exact) mass is 254 g/mol. The number of thiophene rings is 1. The molecule has 0 aromatic carbocycles. The van der Waals surface area contributed by atoms with Crippen LogP contribution in [0.4, 0.5) is 0 Å². The van der Waals surface area contributed by atoms with Crippen molar-refractivity contribution in [3.05, 3.63) is 21.4 Å². The highest BCUT2D eigenvalue weighted by molar-refractivity contribution is 7.12. The summed E-state index contributed by atoms with van der Waals surface area (Å²) in [4.78, 5) is 14.5. The molecule has 3 nitrogen and oxygen atoms in total. The van der Waals surface area contributed by atoms with Gasteiger partial charge in [0.1, 0.15) is 0 Å². The summed E-state index contributed by atoms with van der Waals surface area (Å²) in [6, 6.07) is 2.14. The molecular weight excluding hydrogens is 232 g/mol. The van der Waals surface area contributed by atoms with Gasteiger partial charge < -0.3 is 10.6 Å². The third-order valence-electron chi connectivity index (χ3n) is 2.83. The topological polar surface area (TPSA) is 41.1 Å². The van der Waals surface area contributed by atoms with Crippen molar-refractivity contribution < 1.29 is 4.79 Å². The van der Waals surface area contributed by atoms with Gasteiger partial charge in [-0.25, -0.2) is 0 Å². The van der Waals surface area contributed by atoms with Crippen molar-refractivity contribution in [2.75, 3.05) is 6.54 Å². The molecule has 0 saturated heterocycles. The zero-order valence-corrected chi connectivity index (χ0v) is 12.1. The standard InChI is InChI=1S/C13H22N2OS/c1-6-15-13(4,5)12(16)14-8-11-7-9(2)10(3)17-11/h7,15H,6,8H2,1-5H3,(H,14,16). The normalized spacial score (nSPS) is 11.6. The second-order valence-corrected chi connectivity index (χ2v) is 6.13. The Bertz CT molecular complexity index is 377. The molecule has 1 amide bonds. The molecular formula is C13H22N2OS. The van der Waals surface area contributed by atoms with E-state index in [1.165, 1.54) is 15.3 Å². The van der Waals surface area contributed by atoms with Crippen LogP contribution in [0.1, 0.15) is 36.1 Å². The van der Waals surface area contributed by atoms with Gasteiger partial charge in [-0.3, -0.25) is 4.79 Å². The lowest BCUT2D eigenvalue weighted by molar-refractivity contribution is -0.126. The minimum Gasteiger partial charge on any atom is -0.350 e. The number of carbonyl (C=O) groups is 1. The Morgan fingerprint density at radius 2 is 2.06 bits per heavy atom. The van der Waals surface area contributed by atoms with Gasteiger partial charge in [-0.2, -0.15) is 0 Å². The molecule has 0 saturated carbocycles. The van der Waals surface area contributed by atoms with Crippen LogP contribution < -0.4 is 10.6 Å². The van der Waals surface area contributed by atoms with Crippen LogP contribution in [0, 0.1) is 13.8 Å². The number of nitrogens with one attached hydrogen (secondary N) is 2. The summed E-state index contributed by atoms with van der Waals surface area (Å²) in [7, 11) is 0. The molecule has 17 heavy (non-hydrogen) atoms. The molecule has 0 unspecified atom stereocenters. The second-order valence-electron chi connectivity index (χ2n) is 4.79. The molecule has 0 atom stereocenters. The summed E-state index contributed by atoms with van der Waals surface area (Å²) in [5.74, 6) is 0.0445. The van der Waals surface area contributed by atoms with Gasteiger partial charge in [0.15, 0.2) is 0 Å². The van der Waals surface area contributed by atoms with Gasteiger partial charge in [0.05, 0.1) is 12.1 Å². The third kappa shape index (κ3) is 3.82. The fourth-order valence-electron chi connectivity index (χ4n) is 1.65. The number of amides is 1. The first-order valence-electron chi connectivity index (χ1n) is 5.96. The maximum atomic E-state index is 12.0. The Labute approximate surface area is 108 Å². The number of rotatable bonds is 5. The zero-order chi connectivity index (χ0) is 13.1. The van der Waals surface area contributed by atoms with Crippen LogP contribution in [0.3, 0.4) is 0 Å². The fourth-order valence-corrected chi connectivity index (χ4v) is 2.64. The Hall–Kier alpha value is -0.870. The summed E-state index contributed by atoms with van der Waals surface area (Å²) in [6.45, 7) is 11.4. The number of hydrogen-bond donors (Lipinski definition) is 2. The highest BCUT2D eigenvalue weighted by Gasteiger charge is 2.25. The second kappa shape index (κ2) is 5.65. The lowest BCUT2D eigenvalue weighted by Gasteiger charge is -2.24. The first-order valence-corrected chi connectivity index (χ1v) is 6.77. The van der Waals surface area contributed by atoms with Crippen LogP contribution in [-0.2, 0) is 11.3 Å². The molecule has 0 fully saturated rings. The summed E-state index contributed by atoms with van der Waals surface area (Å²) in [6.07, 6.45) is 0. The minimum atomic E-state index is -0.504. The van der Waals surface area contributed by atoms with Crippen LogP contribution in [0.25, 0.3) is 0 Å². The molecule has 0 radical (unpaired) electrons. The lowest BCUT2D eigenvalue weighted by Crippen LogP contribution is -2.52. The zero-order valence-electron chi connectivity index (χ0n) is 11.3. The van der Waals surface area contributed by atoms with Crippen molar-refractivity contribution in [3.63, 3.8) is 0 Å². The summed E-state index contributed by atoms with van der Waals surface area (Å²) in [5, 5.41) is 6.14. The Morgan fingerprint density at radius 3 is 2.53 bits per heavy atom. The van der Waals surface area contributed by atoms with Crippen LogP contribution >= 0.6 is 11.3 Å². The quantitative estimate of drug-likeness (QED) is 0.847. The molecule has 0 bridgehead atoms. The van der Waals surface area contributed by atoms with Gasteiger partial charge in [0, 0.05) is 9.75 Å². The summed E-state index contributed by atoms with van der Waals surface area (Å²) >= 11 is 1.75. The first kappa shape index (κ1) is 14.2.